The number of hydrogen-bond acceptors (Lipinski definition) is 4. The van der Waals surface area contributed by atoms with Crippen LogP contribution in [0.4, 0.5) is 5.69 Å². The highest BCUT2D eigenvalue weighted by molar-refractivity contribution is 5.49. The summed E-state index contributed by atoms with van der Waals surface area (Å²) in [6.45, 7) is 1.87. The molecule has 1 heterocycles. The number of nitrogen functional groups attached to an aromatic ring is 1. The van der Waals surface area contributed by atoms with Gasteiger partial charge in [-0.05, 0) is 49.7 Å². The number of nitrogens with two attached hydrogens (primary N) is 1. The maximum atomic E-state index is 8.92. The van der Waals surface area contributed by atoms with E-state index in [0.717, 1.165) is 12.2 Å². The van der Waals surface area contributed by atoms with Gasteiger partial charge in [-0.25, -0.2) is 0 Å². The van der Waals surface area contributed by atoms with E-state index in [0.29, 0.717) is 6.29 Å². The zero-order valence-electron chi connectivity index (χ0n) is 10.2. The zero-order chi connectivity index (χ0) is 12.7. The molecule has 0 atom stereocenters. The first-order valence-corrected chi connectivity index (χ1v) is 5.77. The van der Waals surface area contributed by atoms with E-state index < -0.39 is 0 Å². The Hall–Kier alpha value is -1.39. The summed E-state index contributed by atoms with van der Waals surface area (Å²) >= 11 is 0. The van der Waals surface area contributed by atoms with Crippen LogP contribution in [0, 0.1) is 0 Å². The van der Waals surface area contributed by atoms with Crippen LogP contribution in [-0.2, 0) is 17.8 Å². The Balaban J connectivity index is 0.000000317. The molecule has 0 unspecified atom stereocenters. The van der Waals surface area contributed by atoms with Crippen molar-refractivity contribution in [2.75, 3.05) is 25.9 Å². The third-order valence-electron chi connectivity index (χ3n) is 2.73. The number of aryl methyl sites for hydroxylation is 1. The van der Waals surface area contributed by atoms with Gasteiger partial charge < -0.3 is 20.5 Å². The minimum atomic E-state index is -0.361. The summed E-state index contributed by atoms with van der Waals surface area (Å²) in [5.74, 6) is 0. The molecular formula is C13H20N2O2. The predicted octanol–water partition coefficient (Wildman–Crippen LogP) is 0.824. The van der Waals surface area contributed by atoms with Gasteiger partial charge in [0.05, 0.1) is 6.61 Å². The highest BCUT2D eigenvalue weighted by Gasteiger charge is 2.10. The Morgan fingerprint density at radius 3 is 2.82 bits per heavy atom. The second kappa shape index (κ2) is 7.04. The van der Waals surface area contributed by atoms with Crippen LogP contribution in [0.15, 0.2) is 18.2 Å². The Kier molecular flexibility index (Phi) is 5.66. The Morgan fingerprint density at radius 2 is 2.18 bits per heavy atom. The number of aliphatic hydroxyl groups is 1. The van der Waals surface area contributed by atoms with Crippen molar-refractivity contribution >= 4 is 12.0 Å². The van der Waals surface area contributed by atoms with E-state index in [1.165, 1.54) is 30.5 Å². The fourth-order valence-corrected chi connectivity index (χ4v) is 1.95. The van der Waals surface area contributed by atoms with Gasteiger partial charge in [-0.15, -0.1) is 0 Å². The van der Waals surface area contributed by atoms with Crippen LogP contribution in [0.25, 0.3) is 0 Å². The van der Waals surface area contributed by atoms with Crippen molar-refractivity contribution < 1.29 is 9.90 Å². The molecule has 1 aromatic carbocycles. The number of rotatable bonds is 1. The van der Waals surface area contributed by atoms with Crippen molar-refractivity contribution in [1.82, 2.24) is 4.90 Å². The highest BCUT2D eigenvalue weighted by Crippen LogP contribution is 2.19. The number of aldehydes is 1. The summed E-state index contributed by atoms with van der Waals surface area (Å²) in [5.41, 5.74) is 9.52. The van der Waals surface area contributed by atoms with Gasteiger partial charge in [0, 0.05) is 12.2 Å². The smallest absolute Gasteiger partial charge is 0.145 e. The fraction of sp³-hybridized carbons (Fsp3) is 0.462. The molecule has 0 aromatic heterocycles. The molecule has 0 bridgehead atoms. The summed E-state index contributed by atoms with van der Waals surface area (Å²) in [5, 5.41) is 7.51. The molecule has 17 heavy (non-hydrogen) atoms. The first-order valence-electron chi connectivity index (χ1n) is 5.77. The summed E-state index contributed by atoms with van der Waals surface area (Å²) in [6.07, 6.45) is 2.88. The topological polar surface area (TPSA) is 66.6 Å². The summed E-state index contributed by atoms with van der Waals surface area (Å²) in [4.78, 5) is 11.3. The van der Waals surface area contributed by atoms with Gasteiger partial charge in [0.15, 0.2) is 0 Å². The molecule has 0 saturated carbocycles. The number of carbonyl (C=O) groups is 1. The van der Waals surface area contributed by atoms with E-state index in [2.05, 4.69) is 24.1 Å². The third-order valence-corrected chi connectivity index (χ3v) is 2.73. The van der Waals surface area contributed by atoms with Gasteiger partial charge >= 0.3 is 0 Å². The van der Waals surface area contributed by atoms with Gasteiger partial charge in [-0.2, -0.15) is 0 Å². The second-order valence-electron chi connectivity index (χ2n) is 4.22. The highest BCUT2D eigenvalue weighted by atomic mass is 16.3. The molecule has 1 aromatic rings. The average Bonchev–Trinajstić information content (AvgIpc) is 2.49. The molecule has 3 N–H and O–H groups in total. The lowest BCUT2D eigenvalue weighted by Gasteiger charge is -2.13. The first-order chi connectivity index (χ1) is 8.17. The van der Waals surface area contributed by atoms with E-state index in [9.17, 15) is 0 Å². The molecule has 0 fully saturated rings. The van der Waals surface area contributed by atoms with Crippen LogP contribution in [0.5, 0.6) is 0 Å². The minimum absolute atomic E-state index is 0.361. The van der Waals surface area contributed by atoms with Crippen molar-refractivity contribution in [2.24, 2.45) is 0 Å². The fourth-order valence-electron chi connectivity index (χ4n) is 1.95. The van der Waals surface area contributed by atoms with Crippen LogP contribution in [0.2, 0.25) is 0 Å². The van der Waals surface area contributed by atoms with E-state index >= 15 is 0 Å². The number of nitrogens with zero attached hydrogens (tertiary/aromatic N) is 1. The molecule has 0 amide bonds. The number of fused-ring (bicyclic) bond motifs is 1. The normalized spacial score (nSPS) is 15.2. The molecule has 2 rings (SSSR count). The van der Waals surface area contributed by atoms with Gasteiger partial charge in [0.2, 0.25) is 0 Å². The molecule has 0 radical (unpaired) electrons. The van der Waals surface area contributed by atoms with E-state index in [1.54, 1.807) is 0 Å². The number of benzene rings is 1. The third kappa shape index (κ3) is 4.54. The Morgan fingerprint density at radius 1 is 1.47 bits per heavy atom. The van der Waals surface area contributed by atoms with Crippen LogP contribution in [0.3, 0.4) is 0 Å². The number of anilines is 1. The monoisotopic (exact) mass is 236 g/mol. The SMILES string of the molecule is CN1CCCc2ccc(N)cc2C1.O=CCO. The summed E-state index contributed by atoms with van der Waals surface area (Å²) in [7, 11) is 2.16. The summed E-state index contributed by atoms with van der Waals surface area (Å²) < 4.78 is 0. The maximum Gasteiger partial charge on any atom is 0.145 e. The van der Waals surface area contributed by atoms with Crippen LogP contribution < -0.4 is 5.73 Å². The lowest BCUT2D eigenvalue weighted by molar-refractivity contribution is -0.110. The molecule has 0 aliphatic carbocycles. The quantitative estimate of drug-likeness (QED) is 0.560. The van der Waals surface area contributed by atoms with Gasteiger partial charge in [0.25, 0.3) is 0 Å². The second-order valence-corrected chi connectivity index (χ2v) is 4.22. The summed E-state index contributed by atoms with van der Waals surface area (Å²) in [6, 6.07) is 6.28. The molecular weight excluding hydrogens is 216 g/mol. The van der Waals surface area contributed by atoms with Crippen LogP contribution in [0.1, 0.15) is 17.5 Å². The molecule has 4 heteroatoms. The zero-order valence-corrected chi connectivity index (χ0v) is 10.2. The molecule has 0 saturated heterocycles. The Labute approximate surface area is 102 Å². The molecule has 1 aliphatic heterocycles. The van der Waals surface area contributed by atoms with Crippen molar-refractivity contribution in [2.45, 2.75) is 19.4 Å². The molecule has 1 aliphatic rings. The first kappa shape index (κ1) is 13.7. The van der Waals surface area contributed by atoms with Gasteiger partial charge in [-0.1, -0.05) is 6.07 Å². The number of carbonyl (C=O) groups excluding carboxylic acids is 1. The molecule has 4 nitrogen and oxygen atoms in total. The minimum Gasteiger partial charge on any atom is -0.399 e. The van der Waals surface area contributed by atoms with Crippen LogP contribution in [-0.4, -0.2) is 36.5 Å². The van der Waals surface area contributed by atoms with E-state index in [1.807, 2.05) is 6.07 Å². The van der Waals surface area contributed by atoms with E-state index in [4.69, 9.17) is 15.6 Å². The standard InChI is InChI=1S/C11H16N2.C2H4O2/c1-13-6-2-3-9-4-5-11(12)7-10(9)8-13;3-1-2-4/h4-5,7H,2-3,6,8,12H2,1H3;1,4H,2H2. The number of hydrogen-bond donors (Lipinski definition) is 2. The molecule has 94 valence electrons. The van der Waals surface area contributed by atoms with Crippen molar-refractivity contribution in [3.63, 3.8) is 0 Å². The lowest BCUT2D eigenvalue weighted by atomic mass is 10.0. The van der Waals surface area contributed by atoms with Crippen molar-refractivity contribution in [3.05, 3.63) is 29.3 Å². The van der Waals surface area contributed by atoms with Crippen molar-refractivity contribution in [3.8, 4) is 0 Å². The number of aliphatic hydroxyl groups excluding tert-OH is 1. The van der Waals surface area contributed by atoms with E-state index in [-0.39, 0.29) is 6.61 Å². The molecule has 0 spiro atoms. The lowest BCUT2D eigenvalue weighted by Crippen LogP contribution is -2.17. The largest absolute Gasteiger partial charge is 0.399 e. The predicted molar refractivity (Wildman–Crippen MR) is 68.7 cm³/mol. The van der Waals surface area contributed by atoms with Crippen LogP contribution >= 0.6 is 0 Å². The van der Waals surface area contributed by atoms with Gasteiger partial charge in [-0.3, -0.25) is 0 Å². The maximum absolute atomic E-state index is 8.92. The van der Waals surface area contributed by atoms with Gasteiger partial charge in [0.1, 0.15) is 6.29 Å². The Bertz CT molecular complexity index is 366. The average molecular weight is 236 g/mol. The van der Waals surface area contributed by atoms with Crippen molar-refractivity contribution in [1.29, 1.82) is 0 Å².